The van der Waals surface area contributed by atoms with Gasteiger partial charge in [0.2, 0.25) is 0 Å². The molecule has 2 N–H and O–H groups in total. The third-order valence-corrected chi connectivity index (χ3v) is 4.80. The molecule has 3 rings (SSSR count). The summed E-state index contributed by atoms with van der Waals surface area (Å²) in [7, 11) is 0. The van der Waals surface area contributed by atoms with Gasteiger partial charge in [0.1, 0.15) is 0 Å². The topological polar surface area (TPSA) is 41.1 Å². The molecule has 2 amide bonds. The van der Waals surface area contributed by atoms with Crippen molar-refractivity contribution >= 4 is 17.4 Å². The average molecular weight is 300 g/mol. The number of carbonyl (C=O) groups is 1. The minimum absolute atomic E-state index is 0.0786. The van der Waals surface area contributed by atoms with Gasteiger partial charge in [-0.3, -0.25) is 0 Å². The van der Waals surface area contributed by atoms with E-state index < -0.39 is 0 Å². The van der Waals surface area contributed by atoms with Gasteiger partial charge in [-0.05, 0) is 41.8 Å². The highest BCUT2D eigenvalue weighted by Crippen LogP contribution is 2.28. The number of hydrogen-bond donors (Lipinski definition) is 2. The lowest BCUT2D eigenvalue weighted by molar-refractivity contribution is 0.236. The fourth-order valence-electron chi connectivity index (χ4n) is 2.86. The fourth-order valence-corrected chi connectivity index (χ4v) is 3.51. The standard InChI is InChI=1S/C17H20N2OS/c20-17(18-12-14-8-5-11-21-14)19-16-10-4-2-7-13-6-1-3-9-15(13)16/h1,3,5-6,8-9,11,16H,2,4,7,10,12H2,(H2,18,19,20). The van der Waals surface area contributed by atoms with E-state index in [4.69, 9.17) is 0 Å². The Morgan fingerprint density at radius 3 is 2.95 bits per heavy atom. The van der Waals surface area contributed by atoms with E-state index >= 15 is 0 Å². The molecule has 1 aromatic carbocycles. The molecule has 4 heteroatoms. The van der Waals surface area contributed by atoms with Gasteiger partial charge < -0.3 is 10.6 Å². The van der Waals surface area contributed by atoms with Gasteiger partial charge in [-0.15, -0.1) is 11.3 Å². The molecule has 1 aliphatic carbocycles. The lowest BCUT2D eigenvalue weighted by atomic mass is 9.99. The molecular weight excluding hydrogens is 280 g/mol. The first-order chi connectivity index (χ1) is 10.3. The van der Waals surface area contributed by atoms with Crippen LogP contribution >= 0.6 is 11.3 Å². The number of aryl methyl sites for hydroxylation is 1. The van der Waals surface area contributed by atoms with Crippen LogP contribution < -0.4 is 10.6 Å². The largest absolute Gasteiger partial charge is 0.333 e. The number of benzene rings is 1. The maximum Gasteiger partial charge on any atom is 0.315 e. The molecule has 0 bridgehead atoms. The predicted octanol–water partition coefficient (Wildman–Crippen LogP) is 4.02. The minimum Gasteiger partial charge on any atom is -0.333 e. The van der Waals surface area contributed by atoms with E-state index in [-0.39, 0.29) is 12.1 Å². The summed E-state index contributed by atoms with van der Waals surface area (Å²) in [6.45, 7) is 0.595. The SMILES string of the molecule is O=C(NCc1cccs1)NC1CCCCc2ccccc21. The van der Waals surface area contributed by atoms with Gasteiger partial charge in [-0.25, -0.2) is 4.79 Å². The van der Waals surface area contributed by atoms with Crippen molar-refractivity contribution in [2.24, 2.45) is 0 Å². The van der Waals surface area contributed by atoms with Crippen molar-refractivity contribution in [3.05, 3.63) is 57.8 Å². The number of fused-ring (bicyclic) bond motifs is 1. The van der Waals surface area contributed by atoms with Crippen LogP contribution in [-0.4, -0.2) is 6.03 Å². The third kappa shape index (κ3) is 3.64. The van der Waals surface area contributed by atoms with Crippen LogP contribution in [0, 0.1) is 0 Å². The summed E-state index contributed by atoms with van der Waals surface area (Å²) in [5.74, 6) is 0. The van der Waals surface area contributed by atoms with Crippen LogP contribution in [0.3, 0.4) is 0 Å². The average Bonchev–Trinajstić information content (AvgIpc) is 2.94. The molecule has 0 saturated carbocycles. The molecule has 110 valence electrons. The van der Waals surface area contributed by atoms with Gasteiger partial charge in [-0.2, -0.15) is 0 Å². The second-order valence-electron chi connectivity index (χ2n) is 5.40. The van der Waals surface area contributed by atoms with E-state index in [1.54, 1.807) is 11.3 Å². The molecule has 0 radical (unpaired) electrons. The number of amides is 2. The maximum atomic E-state index is 12.1. The zero-order valence-electron chi connectivity index (χ0n) is 12.0. The number of carbonyl (C=O) groups excluding carboxylic acids is 1. The Morgan fingerprint density at radius 2 is 2.10 bits per heavy atom. The molecule has 0 saturated heterocycles. The maximum absolute atomic E-state index is 12.1. The van der Waals surface area contributed by atoms with Crippen molar-refractivity contribution in [1.29, 1.82) is 0 Å². The first-order valence-electron chi connectivity index (χ1n) is 7.47. The molecular formula is C17H20N2OS. The highest BCUT2D eigenvalue weighted by Gasteiger charge is 2.19. The lowest BCUT2D eigenvalue weighted by Crippen LogP contribution is -2.37. The Morgan fingerprint density at radius 1 is 1.19 bits per heavy atom. The van der Waals surface area contributed by atoms with E-state index in [0.717, 1.165) is 19.3 Å². The van der Waals surface area contributed by atoms with Crippen molar-refractivity contribution in [2.75, 3.05) is 0 Å². The molecule has 21 heavy (non-hydrogen) atoms. The molecule has 3 nitrogen and oxygen atoms in total. The summed E-state index contributed by atoms with van der Waals surface area (Å²) in [6, 6.07) is 12.6. The molecule has 0 fully saturated rings. The normalized spacial score (nSPS) is 17.6. The summed E-state index contributed by atoms with van der Waals surface area (Å²) < 4.78 is 0. The van der Waals surface area contributed by atoms with Gasteiger partial charge in [0.05, 0.1) is 12.6 Å². The molecule has 1 unspecified atom stereocenters. The Hall–Kier alpha value is -1.81. The highest BCUT2D eigenvalue weighted by molar-refractivity contribution is 7.09. The Bertz CT molecular complexity index is 595. The summed E-state index contributed by atoms with van der Waals surface area (Å²) in [5.41, 5.74) is 2.65. The monoisotopic (exact) mass is 300 g/mol. The summed E-state index contributed by atoms with van der Waals surface area (Å²) >= 11 is 1.66. The zero-order valence-corrected chi connectivity index (χ0v) is 12.8. The summed E-state index contributed by atoms with van der Waals surface area (Å²) in [4.78, 5) is 13.3. The first kappa shape index (κ1) is 14.1. The van der Waals surface area contributed by atoms with Crippen LogP contribution in [-0.2, 0) is 13.0 Å². The summed E-state index contributed by atoms with van der Waals surface area (Å²) in [6.07, 6.45) is 4.49. The molecule has 1 aliphatic rings. The number of hydrogen-bond acceptors (Lipinski definition) is 2. The third-order valence-electron chi connectivity index (χ3n) is 3.93. The van der Waals surface area contributed by atoms with E-state index in [2.05, 4.69) is 34.9 Å². The molecule has 0 spiro atoms. The molecule has 0 aliphatic heterocycles. The van der Waals surface area contributed by atoms with Crippen LogP contribution in [0.1, 0.15) is 41.3 Å². The lowest BCUT2D eigenvalue weighted by Gasteiger charge is -2.19. The van der Waals surface area contributed by atoms with E-state index in [1.165, 1.54) is 22.4 Å². The van der Waals surface area contributed by atoms with Gasteiger partial charge in [0, 0.05) is 4.88 Å². The number of nitrogens with one attached hydrogen (secondary N) is 2. The molecule has 2 aromatic rings. The van der Waals surface area contributed by atoms with Crippen LogP contribution in [0.2, 0.25) is 0 Å². The van der Waals surface area contributed by atoms with Crippen molar-refractivity contribution in [1.82, 2.24) is 10.6 Å². The Labute approximate surface area is 129 Å². The zero-order chi connectivity index (χ0) is 14.5. The highest BCUT2D eigenvalue weighted by atomic mass is 32.1. The van der Waals surface area contributed by atoms with Gasteiger partial charge in [0.15, 0.2) is 0 Å². The van der Waals surface area contributed by atoms with E-state index in [0.29, 0.717) is 6.54 Å². The molecule has 1 heterocycles. The number of rotatable bonds is 3. The van der Waals surface area contributed by atoms with Crippen molar-refractivity contribution in [3.8, 4) is 0 Å². The smallest absolute Gasteiger partial charge is 0.315 e. The van der Waals surface area contributed by atoms with Crippen molar-refractivity contribution < 1.29 is 4.79 Å². The predicted molar refractivity (Wildman–Crippen MR) is 86.4 cm³/mol. The van der Waals surface area contributed by atoms with Crippen molar-refractivity contribution in [2.45, 2.75) is 38.3 Å². The second-order valence-corrected chi connectivity index (χ2v) is 6.44. The number of thiophene rings is 1. The number of urea groups is 1. The second kappa shape index (κ2) is 6.76. The minimum atomic E-state index is -0.0786. The van der Waals surface area contributed by atoms with Crippen LogP contribution in [0.4, 0.5) is 4.79 Å². The summed E-state index contributed by atoms with van der Waals surface area (Å²) in [5, 5.41) is 8.10. The van der Waals surface area contributed by atoms with Crippen LogP contribution in [0.25, 0.3) is 0 Å². The first-order valence-corrected chi connectivity index (χ1v) is 8.35. The van der Waals surface area contributed by atoms with Crippen LogP contribution in [0.15, 0.2) is 41.8 Å². The van der Waals surface area contributed by atoms with Crippen LogP contribution in [0.5, 0.6) is 0 Å². The van der Waals surface area contributed by atoms with E-state index in [1.807, 2.05) is 17.5 Å². The Kier molecular flexibility index (Phi) is 4.55. The quantitative estimate of drug-likeness (QED) is 0.826. The van der Waals surface area contributed by atoms with Gasteiger partial charge >= 0.3 is 6.03 Å². The van der Waals surface area contributed by atoms with Crippen molar-refractivity contribution in [3.63, 3.8) is 0 Å². The van der Waals surface area contributed by atoms with Gasteiger partial charge in [0.25, 0.3) is 0 Å². The molecule has 1 atom stereocenters. The fraction of sp³-hybridized carbons (Fsp3) is 0.353. The molecule has 1 aromatic heterocycles. The van der Waals surface area contributed by atoms with Gasteiger partial charge in [-0.1, -0.05) is 36.8 Å². The van der Waals surface area contributed by atoms with E-state index in [9.17, 15) is 4.79 Å². The Balaban J connectivity index is 1.62.